The number of benzene rings is 1. The summed E-state index contributed by atoms with van der Waals surface area (Å²) in [7, 11) is -2.44. The Kier molecular flexibility index (Phi) is 4.55. The SMILES string of the molecule is COC1CCCC1NS(=O)(=O)c1ccc([N+](=O)[O-])c(F)c1. The summed E-state index contributed by atoms with van der Waals surface area (Å²) in [6, 6.07) is 2.13. The van der Waals surface area contributed by atoms with Crippen molar-refractivity contribution in [3.8, 4) is 0 Å². The number of nitro benzene ring substituents is 1. The molecule has 7 nitrogen and oxygen atoms in total. The lowest BCUT2D eigenvalue weighted by molar-refractivity contribution is -0.387. The van der Waals surface area contributed by atoms with Gasteiger partial charge in [-0.25, -0.2) is 13.1 Å². The number of hydrogen-bond acceptors (Lipinski definition) is 5. The highest BCUT2D eigenvalue weighted by Gasteiger charge is 2.32. The van der Waals surface area contributed by atoms with Gasteiger partial charge in [0.15, 0.2) is 0 Å². The molecule has 1 aliphatic rings. The lowest BCUT2D eigenvalue weighted by Gasteiger charge is -2.19. The molecule has 1 aliphatic carbocycles. The minimum Gasteiger partial charge on any atom is -0.380 e. The van der Waals surface area contributed by atoms with Crippen LogP contribution in [-0.4, -0.2) is 32.6 Å². The van der Waals surface area contributed by atoms with E-state index in [0.717, 1.165) is 25.0 Å². The molecular weight excluding hydrogens is 303 g/mol. The van der Waals surface area contributed by atoms with Crippen molar-refractivity contribution in [3.63, 3.8) is 0 Å². The molecule has 2 rings (SSSR count). The lowest BCUT2D eigenvalue weighted by atomic mass is 10.2. The minimum absolute atomic E-state index is 0.220. The Morgan fingerprint density at radius 1 is 1.43 bits per heavy atom. The summed E-state index contributed by atoms with van der Waals surface area (Å²) in [5, 5.41) is 10.5. The van der Waals surface area contributed by atoms with E-state index in [0.29, 0.717) is 12.5 Å². The summed E-state index contributed by atoms with van der Waals surface area (Å²) in [5.41, 5.74) is -0.760. The van der Waals surface area contributed by atoms with Gasteiger partial charge in [0.1, 0.15) is 0 Å². The fourth-order valence-corrected chi connectivity index (χ4v) is 3.72. The summed E-state index contributed by atoms with van der Waals surface area (Å²) in [4.78, 5) is 9.28. The van der Waals surface area contributed by atoms with Gasteiger partial charge < -0.3 is 4.74 Å². The fourth-order valence-electron chi connectivity index (χ4n) is 2.41. The van der Waals surface area contributed by atoms with Crippen LogP contribution in [0.25, 0.3) is 0 Å². The second-order valence-corrected chi connectivity index (χ2v) is 6.52. The molecule has 0 heterocycles. The van der Waals surface area contributed by atoms with Crippen molar-refractivity contribution >= 4 is 15.7 Å². The predicted molar refractivity (Wildman–Crippen MR) is 71.8 cm³/mol. The molecule has 21 heavy (non-hydrogen) atoms. The molecule has 0 saturated heterocycles. The Morgan fingerprint density at radius 2 is 2.14 bits per heavy atom. The first-order valence-electron chi connectivity index (χ1n) is 6.34. The van der Waals surface area contributed by atoms with Gasteiger partial charge in [-0.15, -0.1) is 0 Å². The van der Waals surface area contributed by atoms with E-state index in [1.165, 1.54) is 7.11 Å². The molecule has 9 heteroatoms. The van der Waals surface area contributed by atoms with E-state index in [1.807, 2.05) is 0 Å². The van der Waals surface area contributed by atoms with E-state index >= 15 is 0 Å². The molecule has 1 aromatic rings. The molecule has 1 aromatic carbocycles. The molecular formula is C12H15FN2O5S. The number of ether oxygens (including phenoxy) is 1. The molecule has 0 aliphatic heterocycles. The molecule has 0 spiro atoms. The molecule has 0 radical (unpaired) electrons. The molecule has 0 aromatic heterocycles. The van der Waals surface area contributed by atoms with Crippen LogP contribution in [-0.2, 0) is 14.8 Å². The zero-order valence-corrected chi connectivity index (χ0v) is 12.1. The van der Waals surface area contributed by atoms with Gasteiger partial charge in [0.05, 0.1) is 15.9 Å². The third-order valence-electron chi connectivity index (χ3n) is 3.49. The minimum atomic E-state index is -3.94. The van der Waals surface area contributed by atoms with Crippen LogP contribution in [0.4, 0.5) is 10.1 Å². The molecule has 1 N–H and O–H groups in total. The number of methoxy groups -OCH3 is 1. The van der Waals surface area contributed by atoms with Gasteiger partial charge in [-0.3, -0.25) is 10.1 Å². The van der Waals surface area contributed by atoms with E-state index in [-0.39, 0.29) is 17.0 Å². The van der Waals surface area contributed by atoms with E-state index in [9.17, 15) is 22.9 Å². The number of rotatable bonds is 5. The third kappa shape index (κ3) is 3.36. The van der Waals surface area contributed by atoms with Crippen LogP contribution >= 0.6 is 0 Å². The zero-order valence-electron chi connectivity index (χ0n) is 11.3. The van der Waals surface area contributed by atoms with Crippen molar-refractivity contribution in [2.45, 2.75) is 36.3 Å². The predicted octanol–water partition coefficient (Wildman–Crippen LogP) is 1.58. The maximum Gasteiger partial charge on any atom is 0.304 e. The van der Waals surface area contributed by atoms with Crippen LogP contribution in [0.1, 0.15) is 19.3 Å². The Balaban J connectivity index is 2.23. The van der Waals surface area contributed by atoms with Crippen LogP contribution in [0.2, 0.25) is 0 Å². The molecule has 0 amide bonds. The van der Waals surface area contributed by atoms with Crippen molar-refractivity contribution < 1.29 is 22.5 Å². The van der Waals surface area contributed by atoms with Gasteiger partial charge in [0, 0.05) is 25.3 Å². The van der Waals surface area contributed by atoms with Gasteiger partial charge in [-0.1, -0.05) is 0 Å². The summed E-state index contributed by atoms with van der Waals surface area (Å²) in [5.74, 6) is -1.18. The summed E-state index contributed by atoms with van der Waals surface area (Å²) in [6.07, 6.45) is 1.99. The van der Waals surface area contributed by atoms with Gasteiger partial charge in [0.25, 0.3) is 0 Å². The first kappa shape index (κ1) is 15.8. The number of nitro groups is 1. The average Bonchev–Trinajstić information content (AvgIpc) is 2.84. The lowest BCUT2D eigenvalue weighted by Crippen LogP contribution is -2.40. The topological polar surface area (TPSA) is 98.5 Å². The van der Waals surface area contributed by atoms with Crippen LogP contribution in [0, 0.1) is 15.9 Å². The number of halogens is 1. The molecule has 1 fully saturated rings. The van der Waals surface area contributed by atoms with E-state index in [4.69, 9.17) is 4.74 Å². The Labute approximate surface area is 121 Å². The number of sulfonamides is 1. The molecule has 0 bridgehead atoms. The van der Waals surface area contributed by atoms with Crippen molar-refractivity contribution in [3.05, 3.63) is 34.1 Å². The zero-order chi connectivity index (χ0) is 15.6. The normalized spacial score (nSPS) is 22.4. The third-order valence-corrected chi connectivity index (χ3v) is 4.98. The van der Waals surface area contributed by atoms with Gasteiger partial charge in [-0.2, -0.15) is 4.39 Å². The van der Waals surface area contributed by atoms with Gasteiger partial charge in [0.2, 0.25) is 15.8 Å². The second-order valence-electron chi connectivity index (χ2n) is 4.80. The highest BCUT2D eigenvalue weighted by molar-refractivity contribution is 7.89. The van der Waals surface area contributed by atoms with Crippen molar-refractivity contribution in [1.82, 2.24) is 4.72 Å². The molecule has 2 unspecified atom stereocenters. The van der Waals surface area contributed by atoms with E-state index < -0.39 is 26.5 Å². The van der Waals surface area contributed by atoms with Gasteiger partial charge >= 0.3 is 5.69 Å². The standard InChI is InChI=1S/C12H15FN2O5S/c1-20-12-4-2-3-10(12)14-21(18,19)8-5-6-11(15(16)17)9(13)7-8/h5-7,10,12,14H,2-4H2,1H3. The van der Waals surface area contributed by atoms with Gasteiger partial charge in [-0.05, 0) is 25.3 Å². The molecule has 2 atom stereocenters. The number of nitrogens with zero attached hydrogens (tertiary/aromatic N) is 1. The van der Waals surface area contributed by atoms with Crippen LogP contribution in [0.3, 0.4) is 0 Å². The van der Waals surface area contributed by atoms with Crippen molar-refractivity contribution in [1.29, 1.82) is 0 Å². The Hall–Kier alpha value is -1.58. The highest BCUT2D eigenvalue weighted by Crippen LogP contribution is 2.25. The largest absolute Gasteiger partial charge is 0.380 e. The quantitative estimate of drug-likeness (QED) is 0.656. The van der Waals surface area contributed by atoms with Crippen molar-refractivity contribution in [2.24, 2.45) is 0 Å². The van der Waals surface area contributed by atoms with E-state index in [2.05, 4.69) is 4.72 Å². The van der Waals surface area contributed by atoms with Crippen molar-refractivity contribution in [2.75, 3.05) is 7.11 Å². The molecule has 116 valence electrons. The van der Waals surface area contributed by atoms with E-state index in [1.54, 1.807) is 0 Å². The Morgan fingerprint density at radius 3 is 2.71 bits per heavy atom. The maximum atomic E-state index is 13.5. The summed E-state index contributed by atoms with van der Waals surface area (Å²) in [6.45, 7) is 0. The fraction of sp³-hybridized carbons (Fsp3) is 0.500. The number of nitrogens with one attached hydrogen (secondary N) is 1. The van der Waals surface area contributed by atoms with Crippen LogP contribution < -0.4 is 4.72 Å². The average molecular weight is 318 g/mol. The number of hydrogen-bond donors (Lipinski definition) is 1. The Bertz CT molecular complexity index is 649. The van der Waals surface area contributed by atoms with Crippen LogP contribution in [0.15, 0.2) is 23.1 Å². The molecule has 1 saturated carbocycles. The first-order chi connectivity index (χ1) is 9.85. The smallest absolute Gasteiger partial charge is 0.304 e. The highest BCUT2D eigenvalue weighted by atomic mass is 32.2. The van der Waals surface area contributed by atoms with Crippen LogP contribution in [0.5, 0.6) is 0 Å². The monoisotopic (exact) mass is 318 g/mol. The first-order valence-corrected chi connectivity index (χ1v) is 7.82. The summed E-state index contributed by atoms with van der Waals surface area (Å²) >= 11 is 0. The second kappa shape index (κ2) is 6.04. The summed E-state index contributed by atoms with van der Waals surface area (Å²) < 4.78 is 45.5. The maximum absolute atomic E-state index is 13.5.